The van der Waals surface area contributed by atoms with Gasteiger partial charge >= 0.3 is 0 Å². The Morgan fingerprint density at radius 3 is 2.42 bits per heavy atom. The number of hydrogen-bond acceptors (Lipinski definition) is 1. The molecular weight excluding hydrogens is 319 g/mol. The lowest BCUT2D eigenvalue weighted by Crippen LogP contribution is -2.07. The number of nitrogens with one attached hydrogen (secondary N) is 1. The molecule has 0 fully saturated rings. The van der Waals surface area contributed by atoms with Crippen LogP contribution in [0.5, 0.6) is 0 Å². The van der Waals surface area contributed by atoms with Crippen molar-refractivity contribution >= 4 is 15.9 Å². The standard InChI is InChI=1S/C14H11BrF3N/c1-19-7-9-3-2-8(6-12(9)17)13-11(16)5-4-10(15)14(13)18/h2-6,19H,7H2,1H3. The molecule has 0 saturated carbocycles. The van der Waals surface area contributed by atoms with Gasteiger partial charge in [-0.05, 0) is 46.7 Å². The summed E-state index contributed by atoms with van der Waals surface area (Å²) in [6, 6.07) is 6.58. The molecule has 0 spiro atoms. The van der Waals surface area contributed by atoms with Gasteiger partial charge in [-0.1, -0.05) is 12.1 Å². The van der Waals surface area contributed by atoms with Gasteiger partial charge in [-0.15, -0.1) is 0 Å². The lowest BCUT2D eigenvalue weighted by Gasteiger charge is -2.09. The Hall–Kier alpha value is -1.33. The van der Waals surface area contributed by atoms with E-state index in [4.69, 9.17) is 0 Å². The van der Waals surface area contributed by atoms with Crippen LogP contribution in [0.25, 0.3) is 11.1 Å². The van der Waals surface area contributed by atoms with Gasteiger partial charge in [-0.2, -0.15) is 0 Å². The summed E-state index contributed by atoms with van der Waals surface area (Å²) in [6.07, 6.45) is 0. The summed E-state index contributed by atoms with van der Waals surface area (Å²) >= 11 is 2.99. The van der Waals surface area contributed by atoms with Crippen molar-refractivity contribution in [2.24, 2.45) is 0 Å². The number of benzene rings is 2. The van der Waals surface area contributed by atoms with Crippen molar-refractivity contribution in [3.8, 4) is 11.1 Å². The number of rotatable bonds is 3. The lowest BCUT2D eigenvalue weighted by molar-refractivity contribution is 0.583. The molecule has 100 valence electrons. The van der Waals surface area contributed by atoms with E-state index in [1.807, 2.05) is 0 Å². The predicted molar refractivity (Wildman–Crippen MR) is 72.2 cm³/mol. The molecule has 1 N–H and O–H groups in total. The van der Waals surface area contributed by atoms with Crippen LogP contribution in [0.3, 0.4) is 0 Å². The molecule has 0 aliphatic rings. The Labute approximate surface area is 117 Å². The van der Waals surface area contributed by atoms with Gasteiger partial charge in [-0.3, -0.25) is 0 Å². The van der Waals surface area contributed by atoms with E-state index in [-0.39, 0.29) is 15.6 Å². The maximum Gasteiger partial charge on any atom is 0.148 e. The highest BCUT2D eigenvalue weighted by Crippen LogP contribution is 2.31. The van der Waals surface area contributed by atoms with Gasteiger partial charge in [0.05, 0.1) is 10.0 Å². The highest BCUT2D eigenvalue weighted by Gasteiger charge is 2.15. The van der Waals surface area contributed by atoms with E-state index < -0.39 is 17.5 Å². The molecule has 0 heterocycles. The minimum absolute atomic E-state index is 0.142. The van der Waals surface area contributed by atoms with E-state index in [1.165, 1.54) is 18.2 Å². The predicted octanol–water partition coefficient (Wildman–Crippen LogP) is 4.25. The second-order valence-electron chi connectivity index (χ2n) is 4.05. The van der Waals surface area contributed by atoms with Gasteiger partial charge in [0, 0.05) is 12.1 Å². The fourth-order valence-corrected chi connectivity index (χ4v) is 2.16. The van der Waals surface area contributed by atoms with E-state index in [9.17, 15) is 13.2 Å². The summed E-state index contributed by atoms with van der Waals surface area (Å²) in [5.74, 6) is -1.95. The van der Waals surface area contributed by atoms with Gasteiger partial charge in [0.2, 0.25) is 0 Å². The van der Waals surface area contributed by atoms with Gasteiger partial charge < -0.3 is 5.32 Å². The summed E-state index contributed by atoms with van der Waals surface area (Å²) in [5, 5.41) is 2.82. The molecule has 0 bridgehead atoms. The van der Waals surface area contributed by atoms with Crippen LogP contribution in [-0.4, -0.2) is 7.05 Å². The third-order valence-corrected chi connectivity index (χ3v) is 3.37. The van der Waals surface area contributed by atoms with Crippen molar-refractivity contribution in [2.45, 2.75) is 6.54 Å². The minimum atomic E-state index is -0.735. The molecule has 2 aromatic carbocycles. The third kappa shape index (κ3) is 2.82. The molecule has 2 aromatic rings. The number of hydrogen-bond donors (Lipinski definition) is 1. The first-order valence-electron chi connectivity index (χ1n) is 5.61. The highest BCUT2D eigenvalue weighted by atomic mass is 79.9. The van der Waals surface area contributed by atoms with Gasteiger partial charge in [-0.25, -0.2) is 13.2 Å². The molecular formula is C14H11BrF3N. The molecule has 2 rings (SSSR count). The zero-order valence-electron chi connectivity index (χ0n) is 10.1. The molecule has 19 heavy (non-hydrogen) atoms. The lowest BCUT2D eigenvalue weighted by atomic mass is 10.0. The van der Waals surface area contributed by atoms with Crippen molar-refractivity contribution in [2.75, 3.05) is 7.05 Å². The Morgan fingerprint density at radius 1 is 1.05 bits per heavy atom. The SMILES string of the molecule is CNCc1ccc(-c2c(F)ccc(Br)c2F)cc1F. The molecule has 0 atom stereocenters. The fraction of sp³-hybridized carbons (Fsp3) is 0.143. The maximum absolute atomic E-state index is 13.9. The molecule has 0 radical (unpaired) electrons. The molecule has 0 amide bonds. The minimum Gasteiger partial charge on any atom is -0.316 e. The first-order valence-corrected chi connectivity index (χ1v) is 6.40. The summed E-state index contributed by atoms with van der Waals surface area (Å²) < 4.78 is 41.5. The number of halogens is 4. The first-order chi connectivity index (χ1) is 9.04. The molecule has 0 aliphatic carbocycles. The molecule has 0 aromatic heterocycles. The van der Waals surface area contributed by atoms with E-state index >= 15 is 0 Å². The Balaban J connectivity index is 2.54. The Bertz CT molecular complexity index is 614. The van der Waals surface area contributed by atoms with Crippen LogP contribution in [0.2, 0.25) is 0 Å². The average Bonchev–Trinajstić information content (AvgIpc) is 2.38. The molecule has 0 saturated heterocycles. The molecule has 5 heteroatoms. The largest absolute Gasteiger partial charge is 0.316 e. The van der Waals surface area contributed by atoms with Crippen LogP contribution in [0.1, 0.15) is 5.56 Å². The molecule has 0 aliphatic heterocycles. The van der Waals surface area contributed by atoms with E-state index in [0.29, 0.717) is 12.1 Å². The van der Waals surface area contributed by atoms with Gasteiger partial charge in [0.25, 0.3) is 0 Å². The Kier molecular flexibility index (Phi) is 4.27. The smallest absolute Gasteiger partial charge is 0.148 e. The van der Waals surface area contributed by atoms with Crippen LogP contribution in [0.4, 0.5) is 13.2 Å². The summed E-state index contributed by atoms with van der Waals surface area (Å²) in [6.45, 7) is 0.357. The van der Waals surface area contributed by atoms with Crippen LogP contribution in [-0.2, 0) is 6.54 Å². The van der Waals surface area contributed by atoms with Crippen molar-refractivity contribution < 1.29 is 13.2 Å². The van der Waals surface area contributed by atoms with Crippen LogP contribution in [0, 0.1) is 17.5 Å². The molecule has 0 unspecified atom stereocenters. The summed E-state index contributed by atoms with van der Waals surface area (Å²) in [5.41, 5.74) is 0.389. The van der Waals surface area contributed by atoms with Gasteiger partial charge in [0.1, 0.15) is 17.5 Å². The average molecular weight is 330 g/mol. The topological polar surface area (TPSA) is 12.0 Å². The van der Waals surface area contributed by atoms with Crippen molar-refractivity contribution in [1.29, 1.82) is 0 Å². The summed E-state index contributed by atoms with van der Waals surface area (Å²) in [7, 11) is 1.70. The second kappa shape index (κ2) is 5.75. The maximum atomic E-state index is 13.9. The van der Waals surface area contributed by atoms with Crippen molar-refractivity contribution in [3.63, 3.8) is 0 Å². The van der Waals surface area contributed by atoms with Crippen LogP contribution in [0.15, 0.2) is 34.8 Å². The zero-order chi connectivity index (χ0) is 14.0. The zero-order valence-corrected chi connectivity index (χ0v) is 11.7. The van der Waals surface area contributed by atoms with E-state index in [1.54, 1.807) is 7.05 Å². The fourth-order valence-electron chi connectivity index (χ4n) is 1.83. The Morgan fingerprint density at radius 2 is 1.79 bits per heavy atom. The van der Waals surface area contributed by atoms with E-state index in [2.05, 4.69) is 21.2 Å². The quantitative estimate of drug-likeness (QED) is 0.830. The van der Waals surface area contributed by atoms with Crippen molar-refractivity contribution in [1.82, 2.24) is 5.32 Å². The third-order valence-electron chi connectivity index (χ3n) is 2.75. The summed E-state index contributed by atoms with van der Waals surface area (Å²) in [4.78, 5) is 0. The monoisotopic (exact) mass is 329 g/mol. The van der Waals surface area contributed by atoms with E-state index in [0.717, 1.165) is 12.1 Å². The van der Waals surface area contributed by atoms with Gasteiger partial charge in [0.15, 0.2) is 0 Å². The molecule has 1 nitrogen and oxygen atoms in total. The van der Waals surface area contributed by atoms with Crippen molar-refractivity contribution in [3.05, 3.63) is 57.8 Å². The second-order valence-corrected chi connectivity index (χ2v) is 4.91. The van der Waals surface area contributed by atoms with Crippen LogP contribution >= 0.6 is 15.9 Å². The highest BCUT2D eigenvalue weighted by molar-refractivity contribution is 9.10. The normalized spacial score (nSPS) is 10.8. The first kappa shape index (κ1) is 14.1. The van der Waals surface area contributed by atoms with Crippen LogP contribution < -0.4 is 5.32 Å².